The average Bonchev–Trinajstić information content (AvgIpc) is 2.25. The fourth-order valence-corrected chi connectivity index (χ4v) is 1.87. The summed E-state index contributed by atoms with van der Waals surface area (Å²) in [4.78, 5) is 5.09. The summed E-state index contributed by atoms with van der Waals surface area (Å²) in [5, 5.41) is 12.9. The van der Waals surface area contributed by atoms with E-state index in [1.54, 1.807) is 24.2 Å². The van der Waals surface area contributed by atoms with Gasteiger partial charge in [0.2, 0.25) is 0 Å². The van der Waals surface area contributed by atoms with Crippen molar-refractivity contribution in [3.8, 4) is 0 Å². The maximum Gasteiger partial charge on any atom is 0.0758 e. The molecule has 1 atom stereocenters. The summed E-state index contributed by atoms with van der Waals surface area (Å²) in [5.41, 5.74) is 0. The molecule has 0 radical (unpaired) electrons. The lowest BCUT2D eigenvalue weighted by Crippen LogP contribution is -2.33. The third-order valence-corrected chi connectivity index (χ3v) is 3.01. The van der Waals surface area contributed by atoms with E-state index in [9.17, 15) is 5.11 Å². The Balaban J connectivity index is 2.19. The van der Waals surface area contributed by atoms with E-state index in [0.717, 1.165) is 4.90 Å². The molecule has 0 amide bonds. The highest BCUT2D eigenvalue weighted by molar-refractivity contribution is 7.99. The number of hydrogen-bond donors (Lipinski definition) is 2. The van der Waals surface area contributed by atoms with Crippen molar-refractivity contribution in [3.63, 3.8) is 0 Å². The largest absolute Gasteiger partial charge is 0.391 e. The molecule has 1 unspecified atom stereocenters. The molecule has 0 aromatic carbocycles. The predicted octanol–water partition coefficient (Wildman–Crippen LogP) is 1.53. The Kier molecular flexibility index (Phi) is 5.68. The molecule has 0 aliphatic heterocycles. The topological polar surface area (TPSA) is 45.1 Å². The van der Waals surface area contributed by atoms with Crippen LogP contribution in [0, 0.1) is 0 Å². The number of aliphatic hydroxyl groups is 1. The summed E-state index contributed by atoms with van der Waals surface area (Å²) in [6.07, 6.45) is 3.23. The fourth-order valence-electron chi connectivity index (χ4n) is 1.06. The Hall–Kier alpha value is -0.580. The minimum Gasteiger partial charge on any atom is -0.391 e. The van der Waals surface area contributed by atoms with Crippen LogP contribution in [0.2, 0.25) is 0 Å². The van der Waals surface area contributed by atoms with Crippen LogP contribution >= 0.6 is 11.8 Å². The van der Waals surface area contributed by atoms with Crippen LogP contribution < -0.4 is 5.32 Å². The molecule has 2 N–H and O–H groups in total. The van der Waals surface area contributed by atoms with Gasteiger partial charge in [-0.2, -0.15) is 0 Å². The smallest absolute Gasteiger partial charge is 0.0758 e. The lowest BCUT2D eigenvalue weighted by molar-refractivity contribution is 0.192. The van der Waals surface area contributed by atoms with Crippen LogP contribution in [0.15, 0.2) is 29.4 Å². The second-order valence-corrected chi connectivity index (χ2v) is 4.80. The maximum atomic E-state index is 9.66. The van der Waals surface area contributed by atoms with Crippen molar-refractivity contribution in [1.29, 1.82) is 0 Å². The maximum absolute atomic E-state index is 9.66. The van der Waals surface area contributed by atoms with Gasteiger partial charge < -0.3 is 10.4 Å². The molecule has 15 heavy (non-hydrogen) atoms. The zero-order chi connectivity index (χ0) is 11.1. The van der Waals surface area contributed by atoms with Gasteiger partial charge in [0.15, 0.2) is 0 Å². The molecule has 0 aliphatic rings. The predicted molar refractivity (Wildman–Crippen MR) is 64.1 cm³/mol. The molecule has 3 nitrogen and oxygen atoms in total. The van der Waals surface area contributed by atoms with E-state index < -0.39 is 0 Å². The number of pyridine rings is 1. The zero-order valence-electron chi connectivity index (χ0n) is 9.18. The quantitative estimate of drug-likeness (QED) is 0.722. The summed E-state index contributed by atoms with van der Waals surface area (Å²) >= 11 is 1.65. The van der Waals surface area contributed by atoms with E-state index in [1.807, 2.05) is 12.1 Å². The van der Waals surface area contributed by atoms with E-state index in [0.29, 0.717) is 18.3 Å². The van der Waals surface area contributed by atoms with Crippen molar-refractivity contribution < 1.29 is 5.11 Å². The zero-order valence-corrected chi connectivity index (χ0v) is 10.00. The first kappa shape index (κ1) is 12.5. The highest BCUT2D eigenvalue weighted by Gasteiger charge is 2.05. The molecule has 1 aromatic heterocycles. The summed E-state index contributed by atoms with van der Waals surface area (Å²) in [5.74, 6) is 0.712. The Morgan fingerprint density at radius 2 is 2.07 bits per heavy atom. The molecule has 4 heteroatoms. The van der Waals surface area contributed by atoms with Crippen molar-refractivity contribution >= 4 is 11.8 Å². The third kappa shape index (κ3) is 5.77. The number of nitrogens with one attached hydrogen (secondary N) is 1. The first-order valence-electron chi connectivity index (χ1n) is 5.12. The van der Waals surface area contributed by atoms with E-state index in [2.05, 4.69) is 24.1 Å². The lowest BCUT2D eigenvalue weighted by atomic mass is 10.3. The van der Waals surface area contributed by atoms with Gasteiger partial charge in [-0.25, -0.2) is 0 Å². The molecular weight excluding hydrogens is 208 g/mol. The Bertz CT molecular complexity index is 267. The van der Waals surface area contributed by atoms with Crippen LogP contribution in [0.5, 0.6) is 0 Å². The van der Waals surface area contributed by atoms with Crippen LogP contribution in [0.3, 0.4) is 0 Å². The van der Waals surface area contributed by atoms with Crippen molar-refractivity contribution in [3.05, 3.63) is 24.5 Å². The minimum absolute atomic E-state index is 0.300. The number of aromatic nitrogens is 1. The van der Waals surface area contributed by atoms with Crippen LogP contribution in [0.25, 0.3) is 0 Å². The van der Waals surface area contributed by atoms with E-state index in [-0.39, 0.29) is 6.10 Å². The second-order valence-electron chi connectivity index (χ2n) is 3.71. The number of aliphatic hydroxyl groups excluding tert-OH is 1. The van der Waals surface area contributed by atoms with Crippen molar-refractivity contribution in [2.24, 2.45) is 0 Å². The van der Waals surface area contributed by atoms with Gasteiger partial charge in [0.05, 0.1) is 6.10 Å². The number of rotatable bonds is 6. The van der Waals surface area contributed by atoms with Gasteiger partial charge in [-0.05, 0) is 12.1 Å². The molecular formula is C11H18N2OS. The third-order valence-electron chi connectivity index (χ3n) is 1.85. The number of hydrogen-bond acceptors (Lipinski definition) is 4. The Morgan fingerprint density at radius 1 is 1.40 bits per heavy atom. The summed E-state index contributed by atoms with van der Waals surface area (Å²) in [6, 6.07) is 4.33. The molecule has 0 spiro atoms. The van der Waals surface area contributed by atoms with Gasteiger partial charge in [-0.15, -0.1) is 11.8 Å². The average molecular weight is 226 g/mol. The monoisotopic (exact) mass is 226 g/mol. The molecule has 1 rings (SSSR count). The van der Waals surface area contributed by atoms with Crippen LogP contribution in [0.1, 0.15) is 13.8 Å². The lowest BCUT2D eigenvalue weighted by Gasteiger charge is -2.13. The minimum atomic E-state index is -0.300. The van der Waals surface area contributed by atoms with Crippen LogP contribution in [-0.4, -0.2) is 34.5 Å². The van der Waals surface area contributed by atoms with Crippen LogP contribution in [-0.2, 0) is 0 Å². The molecule has 1 aromatic rings. The van der Waals surface area contributed by atoms with Crippen LogP contribution in [0.4, 0.5) is 0 Å². The molecule has 1 heterocycles. The van der Waals surface area contributed by atoms with Gasteiger partial charge in [0, 0.05) is 35.6 Å². The molecule has 0 fully saturated rings. The molecule has 0 saturated carbocycles. The van der Waals surface area contributed by atoms with Crippen molar-refractivity contribution in [2.75, 3.05) is 12.3 Å². The Morgan fingerprint density at radius 3 is 2.67 bits per heavy atom. The highest BCUT2D eigenvalue weighted by atomic mass is 32.2. The van der Waals surface area contributed by atoms with E-state index >= 15 is 0 Å². The summed E-state index contributed by atoms with van der Waals surface area (Å²) in [6.45, 7) is 4.79. The molecule has 0 saturated heterocycles. The van der Waals surface area contributed by atoms with Crippen molar-refractivity contribution in [2.45, 2.75) is 30.9 Å². The molecule has 84 valence electrons. The molecule has 0 bridgehead atoms. The fraction of sp³-hybridized carbons (Fsp3) is 0.545. The van der Waals surface area contributed by atoms with E-state index in [1.165, 1.54) is 0 Å². The SMILES string of the molecule is CC(C)NCC(O)CSc1ccncc1. The van der Waals surface area contributed by atoms with Gasteiger partial charge in [-0.1, -0.05) is 13.8 Å². The number of nitrogens with zero attached hydrogens (tertiary/aromatic N) is 1. The normalized spacial score (nSPS) is 13.1. The Labute approximate surface area is 95.3 Å². The summed E-state index contributed by atoms with van der Waals surface area (Å²) < 4.78 is 0. The van der Waals surface area contributed by atoms with E-state index in [4.69, 9.17) is 0 Å². The second kappa shape index (κ2) is 6.82. The first-order valence-corrected chi connectivity index (χ1v) is 6.11. The van der Waals surface area contributed by atoms with Gasteiger partial charge >= 0.3 is 0 Å². The van der Waals surface area contributed by atoms with Gasteiger partial charge in [0.25, 0.3) is 0 Å². The van der Waals surface area contributed by atoms with Gasteiger partial charge in [-0.3, -0.25) is 4.98 Å². The van der Waals surface area contributed by atoms with Gasteiger partial charge in [0.1, 0.15) is 0 Å². The molecule has 0 aliphatic carbocycles. The van der Waals surface area contributed by atoms with Crippen molar-refractivity contribution in [1.82, 2.24) is 10.3 Å². The standard InChI is InChI=1S/C11H18N2OS/c1-9(2)13-7-10(14)8-15-11-3-5-12-6-4-11/h3-6,9-10,13-14H,7-8H2,1-2H3. The number of thioether (sulfide) groups is 1. The first-order chi connectivity index (χ1) is 7.18. The summed E-state index contributed by atoms with van der Waals surface area (Å²) in [7, 11) is 0. The highest BCUT2D eigenvalue weighted by Crippen LogP contribution is 2.16.